The minimum Gasteiger partial charge on any atom is -0.394 e. The van der Waals surface area contributed by atoms with E-state index in [9.17, 15) is 19.3 Å². The highest BCUT2D eigenvalue weighted by Crippen LogP contribution is 2.52. The predicted octanol–water partition coefficient (Wildman–Crippen LogP) is -0.765. The summed E-state index contributed by atoms with van der Waals surface area (Å²) >= 11 is 0. The van der Waals surface area contributed by atoms with Crippen LogP contribution in [0, 0.1) is 17.8 Å². The van der Waals surface area contributed by atoms with Gasteiger partial charge in [-0.15, -0.1) is 0 Å². The van der Waals surface area contributed by atoms with E-state index in [0.717, 1.165) is 0 Å². The van der Waals surface area contributed by atoms with Crippen LogP contribution in [0.1, 0.15) is 20.8 Å². The normalized spacial score (nSPS) is 43.7. The van der Waals surface area contributed by atoms with E-state index in [0.29, 0.717) is 0 Å². The zero-order valence-electron chi connectivity index (χ0n) is 23.0. The molecule has 11 nitrogen and oxygen atoms in total. The Balaban J connectivity index is 1.61. The van der Waals surface area contributed by atoms with Crippen molar-refractivity contribution < 1.29 is 51.6 Å². The summed E-state index contributed by atoms with van der Waals surface area (Å²) in [4.78, 5) is 0. The fourth-order valence-corrected chi connectivity index (χ4v) is 7.62. The van der Waals surface area contributed by atoms with Gasteiger partial charge >= 0.3 is 15.2 Å². The average molecular weight is 578 g/mol. The molecule has 2 N–H and O–H groups in total. The van der Waals surface area contributed by atoms with Crippen molar-refractivity contribution in [2.75, 3.05) is 33.2 Å². The highest BCUT2D eigenvalue weighted by Gasteiger charge is 2.48. The Morgan fingerprint density at radius 2 is 1.41 bits per heavy atom. The molecule has 0 aromatic heterocycles. The van der Waals surface area contributed by atoms with Crippen LogP contribution < -0.4 is 0 Å². The molecule has 3 heterocycles. The third kappa shape index (κ3) is 8.32. The fourth-order valence-electron chi connectivity index (χ4n) is 5.13. The van der Waals surface area contributed by atoms with E-state index in [1.807, 2.05) is 0 Å². The third-order valence-electron chi connectivity index (χ3n) is 7.56. The molecule has 14 atom stereocenters. The minimum absolute atomic E-state index is 0.193. The molecule has 19 heteroatoms. The van der Waals surface area contributed by atoms with Crippen LogP contribution in [0.3, 0.4) is 0 Å². The molecular formula is C20H35B6O11P2. The molecule has 0 saturated carbocycles. The molecule has 209 valence electrons. The maximum Gasteiger partial charge on any atom is 0.328 e. The quantitative estimate of drug-likeness (QED) is 0.211. The molecule has 9 radical (unpaired) electrons. The maximum atomic E-state index is 13.3. The first kappa shape index (κ1) is 34.0. The van der Waals surface area contributed by atoms with Gasteiger partial charge in [0.25, 0.3) is 0 Å². The Morgan fingerprint density at radius 3 is 1.87 bits per heavy atom. The van der Waals surface area contributed by atoms with Gasteiger partial charge in [-0.25, -0.2) is 0 Å². The number of rotatable bonds is 13. The fraction of sp³-hybridized carbons (Fsp3) is 1.00. The lowest BCUT2D eigenvalue weighted by molar-refractivity contribution is -0.0207. The van der Waals surface area contributed by atoms with Crippen LogP contribution in [0.15, 0.2) is 0 Å². The Kier molecular flexibility index (Phi) is 12.1. The standard InChI is InChI=1S/C20H35B6O11P2/c1-9-15(28)13(33-18(9)21)7-31-38(4,29)36-16-10(2)19(25-22)34-14(16)8-32-39(5,30)37-17-11(3)20(26(23)24)35-12(17)6-27/h9-20,27-28H,6-8H2,1-5H3. The molecular weight excluding hydrogens is 543 g/mol. The molecule has 39 heavy (non-hydrogen) atoms. The van der Waals surface area contributed by atoms with E-state index in [1.54, 1.807) is 20.8 Å². The molecule has 0 aliphatic carbocycles. The highest BCUT2D eigenvalue weighted by molar-refractivity contribution is 7.53. The molecule has 3 aliphatic rings. The van der Waals surface area contributed by atoms with Crippen molar-refractivity contribution in [3.05, 3.63) is 0 Å². The zero-order chi connectivity index (χ0) is 29.3. The summed E-state index contributed by atoms with van der Waals surface area (Å²) < 4.78 is 66.4. The summed E-state index contributed by atoms with van der Waals surface area (Å²) in [5, 5.41) is 20.0. The summed E-state index contributed by atoms with van der Waals surface area (Å²) in [6.07, 6.45) is -4.82. The van der Waals surface area contributed by atoms with Crippen molar-refractivity contribution in [3.63, 3.8) is 0 Å². The summed E-state index contributed by atoms with van der Waals surface area (Å²) in [5.74, 6) is -1.02. The van der Waals surface area contributed by atoms with Crippen LogP contribution >= 0.6 is 15.2 Å². The summed E-state index contributed by atoms with van der Waals surface area (Å²) in [6, 6.07) is -1.82. The second kappa shape index (κ2) is 13.9. The molecule has 0 aromatic carbocycles. The van der Waals surface area contributed by atoms with Crippen molar-refractivity contribution in [2.24, 2.45) is 17.8 Å². The van der Waals surface area contributed by atoms with Crippen LogP contribution in [-0.4, -0.2) is 143 Å². The minimum atomic E-state index is -3.72. The molecule has 0 amide bonds. The Bertz CT molecular complexity index is 908. The third-order valence-corrected chi connectivity index (χ3v) is 10.1. The summed E-state index contributed by atoms with van der Waals surface area (Å²) in [5.41, 5.74) is 0. The first-order valence-electron chi connectivity index (χ1n) is 13.0. The second-order valence-electron chi connectivity index (χ2n) is 10.7. The van der Waals surface area contributed by atoms with Gasteiger partial charge in [0, 0.05) is 72.3 Å². The maximum absolute atomic E-state index is 13.3. The van der Waals surface area contributed by atoms with E-state index >= 15 is 0 Å². The van der Waals surface area contributed by atoms with Crippen molar-refractivity contribution in [3.8, 4) is 0 Å². The molecule has 0 aromatic rings. The first-order valence-corrected chi connectivity index (χ1v) is 17.0. The number of aliphatic hydroxyl groups excluding tert-OH is 2. The monoisotopic (exact) mass is 579 g/mol. The number of hydrogen-bond donors (Lipinski definition) is 2. The van der Waals surface area contributed by atoms with Gasteiger partial charge in [0.2, 0.25) is 0 Å². The SMILES string of the molecule is [B][B]C1OC(COP(C)(=O)OC2C(CO)OC(B([B])[B])C2C)C(OP(C)(=O)OCC2OC([B])C(C)C2O)C1C. The smallest absolute Gasteiger partial charge is 0.328 e. The number of ether oxygens (including phenoxy) is 3. The van der Waals surface area contributed by atoms with Crippen molar-refractivity contribution in [1.82, 2.24) is 0 Å². The van der Waals surface area contributed by atoms with E-state index in [4.69, 9.17) is 63.4 Å². The van der Waals surface area contributed by atoms with Crippen molar-refractivity contribution >= 4 is 59.9 Å². The van der Waals surface area contributed by atoms with Crippen LogP contribution in [0.4, 0.5) is 0 Å². The van der Waals surface area contributed by atoms with Crippen LogP contribution in [0.5, 0.6) is 0 Å². The largest absolute Gasteiger partial charge is 0.394 e. The predicted molar refractivity (Wildman–Crippen MR) is 150 cm³/mol. The van der Waals surface area contributed by atoms with Crippen molar-refractivity contribution in [2.45, 2.75) is 75.4 Å². The lowest BCUT2D eigenvalue weighted by atomic mass is 9.16. The Morgan fingerprint density at radius 1 is 0.872 bits per heavy atom. The van der Waals surface area contributed by atoms with Crippen LogP contribution in [0.2, 0.25) is 0 Å². The van der Waals surface area contributed by atoms with E-state index < -0.39 is 76.3 Å². The Hall–Kier alpha value is 0.490. The lowest BCUT2D eigenvalue weighted by Crippen LogP contribution is -2.38. The summed E-state index contributed by atoms with van der Waals surface area (Å²) in [6.45, 7) is 6.27. The van der Waals surface area contributed by atoms with Gasteiger partial charge in [0.1, 0.15) is 26.2 Å². The average Bonchev–Trinajstić information content (AvgIpc) is 3.43. The molecule has 0 spiro atoms. The zero-order valence-corrected chi connectivity index (χ0v) is 24.8. The van der Waals surface area contributed by atoms with Gasteiger partial charge < -0.3 is 42.5 Å². The second-order valence-corrected chi connectivity index (χ2v) is 14.7. The molecule has 3 aliphatic heterocycles. The van der Waals surface area contributed by atoms with Gasteiger partial charge in [-0.05, 0) is 0 Å². The molecule has 0 bridgehead atoms. The summed E-state index contributed by atoms with van der Waals surface area (Å²) in [7, 11) is 17.0. The van der Waals surface area contributed by atoms with Gasteiger partial charge in [0.05, 0.1) is 51.8 Å². The molecule has 14 unspecified atom stereocenters. The van der Waals surface area contributed by atoms with Gasteiger partial charge in [-0.1, -0.05) is 20.8 Å². The topological polar surface area (TPSA) is 139 Å². The number of hydrogen-bond acceptors (Lipinski definition) is 11. The molecule has 3 saturated heterocycles. The first-order chi connectivity index (χ1) is 18.1. The highest BCUT2D eigenvalue weighted by atomic mass is 31.2. The van der Waals surface area contributed by atoms with E-state index in [-0.39, 0.29) is 37.6 Å². The van der Waals surface area contributed by atoms with Gasteiger partial charge in [0.15, 0.2) is 0 Å². The van der Waals surface area contributed by atoms with E-state index in [2.05, 4.69) is 0 Å². The van der Waals surface area contributed by atoms with Crippen LogP contribution in [0.25, 0.3) is 0 Å². The lowest BCUT2D eigenvalue weighted by Gasteiger charge is -2.28. The van der Waals surface area contributed by atoms with Gasteiger partial charge in [-0.2, -0.15) is 0 Å². The molecule has 3 rings (SSSR count). The van der Waals surface area contributed by atoms with Crippen LogP contribution in [-0.2, 0) is 41.4 Å². The molecule has 3 fully saturated rings. The van der Waals surface area contributed by atoms with E-state index in [1.165, 1.54) is 20.5 Å². The van der Waals surface area contributed by atoms with Crippen molar-refractivity contribution in [1.29, 1.82) is 0 Å². The van der Waals surface area contributed by atoms with Gasteiger partial charge in [-0.3, -0.25) is 9.13 Å². The Labute approximate surface area is 237 Å². The number of aliphatic hydroxyl groups is 2.